The van der Waals surface area contributed by atoms with E-state index in [9.17, 15) is 8.78 Å². The van der Waals surface area contributed by atoms with Gasteiger partial charge in [-0.3, -0.25) is 0 Å². The van der Waals surface area contributed by atoms with E-state index >= 15 is 0 Å². The molecule has 0 unspecified atom stereocenters. The second-order valence-corrected chi connectivity index (χ2v) is 3.99. The molecule has 0 N–H and O–H groups in total. The quantitative estimate of drug-likeness (QED) is 0.790. The number of benzene rings is 2. The highest BCUT2D eigenvalue weighted by Crippen LogP contribution is 2.33. The van der Waals surface area contributed by atoms with Crippen LogP contribution in [0.15, 0.2) is 36.4 Å². The summed E-state index contributed by atoms with van der Waals surface area (Å²) in [5.41, 5.74) is 2.56. The lowest BCUT2D eigenvalue weighted by Crippen LogP contribution is -1.95. The first-order valence-corrected chi connectivity index (χ1v) is 5.78. The van der Waals surface area contributed by atoms with Gasteiger partial charge in [0.15, 0.2) is 11.6 Å². The van der Waals surface area contributed by atoms with Crippen LogP contribution in [0.4, 0.5) is 8.78 Å². The van der Waals surface area contributed by atoms with E-state index in [0.29, 0.717) is 5.56 Å². The largest absolute Gasteiger partial charge is 0.493 e. The van der Waals surface area contributed by atoms with Gasteiger partial charge in [-0.05, 0) is 29.7 Å². The molecule has 94 valence electrons. The van der Waals surface area contributed by atoms with Gasteiger partial charge in [-0.1, -0.05) is 31.2 Å². The topological polar surface area (TPSA) is 9.23 Å². The van der Waals surface area contributed by atoms with Crippen LogP contribution >= 0.6 is 0 Å². The fraction of sp³-hybridized carbons (Fsp3) is 0.200. The molecule has 2 aromatic carbocycles. The van der Waals surface area contributed by atoms with Crippen LogP contribution in [0.5, 0.6) is 5.75 Å². The van der Waals surface area contributed by atoms with Gasteiger partial charge in [0.1, 0.15) is 0 Å². The molecule has 2 rings (SSSR count). The molecule has 0 saturated heterocycles. The first-order valence-electron chi connectivity index (χ1n) is 5.78. The van der Waals surface area contributed by atoms with Gasteiger partial charge in [0.05, 0.1) is 7.11 Å². The molecule has 0 aromatic heterocycles. The van der Waals surface area contributed by atoms with Crippen molar-refractivity contribution in [3.8, 4) is 16.9 Å². The molecule has 18 heavy (non-hydrogen) atoms. The van der Waals surface area contributed by atoms with Crippen LogP contribution in [0, 0.1) is 11.6 Å². The molecular formula is C15H14F2O. The van der Waals surface area contributed by atoms with Crippen molar-refractivity contribution in [1.29, 1.82) is 0 Å². The summed E-state index contributed by atoms with van der Waals surface area (Å²) >= 11 is 0. The van der Waals surface area contributed by atoms with Gasteiger partial charge < -0.3 is 4.74 Å². The highest BCUT2D eigenvalue weighted by atomic mass is 19.2. The fourth-order valence-corrected chi connectivity index (χ4v) is 1.88. The first kappa shape index (κ1) is 12.6. The number of methoxy groups -OCH3 is 1. The maximum atomic E-state index is 13.6. The Morgan fingerprint density at radius 2 is 1.67 bits per heavy atom. The standard InChI is InChI=1S/C15H14F2O/c1-3-10-4-6-11(7-5-10)12-8-9-13(16)14(17)15(12)18-2/h4-9H,3H2,1-2H3. The van der Waals surface area contributed by atoms with Crippen molar-refractivity contribution in [2.75, 3.05) is 7.11 Å². The molecule has 0 aliphatic carbocycles. The molecule has 0 spiro atoms. The molecule has 1 nitrogen and oxygen atoms in total. The Balaban J connectivity index is 2.52. The lowest BCUT2D eigenvalue weighted by atomic mass is 10.0. The van der Waals surface area contributed by atoms with Gasteiger partial charge in [-0.25, -0.2) is 4.39 Å². The van der Waals surface area contributed by atoms with Crippen LogP contribution in [0.1, 0.15) is 12.5 Å². The molecule has 0 radical (unpaired) electrons. The summed E-state index contributed by atoms with van der Waals surface area (Å²) in [5, 5.41) is 0. The molecule has 0 heterocycles. The van der Waals surface area contributed by atoms with Crippen molar-refractivity contribution in [3.63, 3.8) is 0 Å². The summed E-state index contributed by atoms with van der Waals surface area (Å²) in [7, 11) is 1.34. The summed E-state index contributed by atoms with van der Waals surface area (Å²) in [6.45, 7) is 2.06. The van der Waals surface area contributed by atoms with Crippen molar-refractivity contribution >= 4 is 0 Å². The van der Waals surface area contributed by atoms with E-state index in [1.165, 1.54) is 18.7 Å². The molecule has 0 aliphatic rings. The van der Waals surface area contributed by atoms with Crippen LogP contribution in [-0.2, 0) is 6.42 Å². The molecule has 0 aliphatic heterocycles. The van der Waals surface area contributed by atoms with Gasteiger partial charge >= 0.3 is 0 Å². The monoisotopic (exact) mass is 248 g/mol. The number of ether oxygens (including phenoxy) is 1. The third kappa shape index (κ3) is 2.21. The van der Waals surface area contributed by atoms with Gasteiger partial charge in [0.25, 0.3) is 0 Å². The van der Waals surface area contributed by atoms with Crippen LogP contribution in [0.25, 0.3) is 11.1 Å². The van der Waals surface area contributed by atoms with Crippen molar-refractivity contribution in [3.05, 3.63) is 53.6 Å². The molecule has 0 atom stereocenters. The van der Waals surface area contributed by atoms with Gasteiger partial charge in [0.2, 0.25) is 5.82 Å². The number of hydrogen-bond donors (Lipinski definition) is 0. The van der Waals surface area contributed by atoms with E-state index in [4.69, 9.17) is 4.74 Å². The number of halogens is 2. The van der Waals surface area contributed by atoms with Crippen LogP contribution < -0.4 is 4.74 Å². The normalized spacial score (nSPS) is 10.4. The van der Waals surface area contributed by atoms with E-state index in [2.05, 4.69) is 6.92 Å². The molecule has 2 aromatic rings. The van der Waals surface area contributed by atoms with Gasteiger partial charge in [-0.15, -0.1) is 0 Å². The molecule has 0 saturated carbocycles. The van der Waals surface area contributed by atoms with E-state index in [-0.39, 0.29) is 5.75 Å². The zero-order chi connectivity index (χ0) is 13.1. The summed E-state index contributed by atoms with van der Waals surface area (Å²) in [6, 6.07) is 10.3. The number of rotatable bonds is 3. The Morgan fingerprint density at radius 3 is 2.22 bits per heavy atom. The third-order valence-electron chi connectivity index (χ3n) is 2.93. The minimum atomic E-state index is -0.949. The maximum absolute atomic E-state index is 13.6. The van der Waals surface area contributed by atoms with E-state index < -0.39 is 11.6 Å². The second-order valence-electron chi connectivity index (χ2n) is 3.99. The predicted octanol–water partition coefficient (Wildman–Crippen LogP) is 4.20. The van der Waals surface area contributed by atoms with Crippen molar-refractivity contribution in [1.82, 2.24) is 0 Å². The van der Waals surface area contributed by atoms with Gasteiger partial charge in [0, 0.05) is 5.56 Å². The fourth-order valence-electron chi connectivity index (χ4n) is 1.88. The molecule has 0 fully saturated rings. The maximum Gasteiger partial charge on any atom is 0.201 e. The highest BCUT2D eigenvalue weighted by molar-refractivity contribution is 5.71. The first-order chi connectivity index (χ1) is 8.67. The smallest absolute Gasteiger partial charge is 0.201 e. The molecule has 0 bridgehead atoms. The van der Waals surface area contributed by atoms with Crippen molar-refractivity contribution in [2.24, 2.45) is 0 Å². The summed E-state index contributed by atoms with van der Waals surface area (Å²) in [4.78, 5) is 0. The van der Waals surface area contributed by atoms with E-state index in [1.54, 1.807) is 0 Å². The lowest BCUT2D eigenvalue weighted by molar-refractivity contribution is 0.373. The number of hydrogen-bond acceptors (Lipinski definition) is 1. The Hall–Kier alpha value is -1.90. The average Bonchev–Trinajstić information content (AvgIpc) is 2.42. The third-order valence-corrected chi connectivity index (χ3v) is 2.93. The zero-order valence-corrected chi connectivity index (χ0v) is 10.3. The molecule has 3 heteroatoms. The highest BCUT2D eigenvalue weighted by Gasteiger charge is 2.15. The Morgan fingerprint density at radius 1 is 1.00 bits per heavy atom. The summed E-state index contributed by atoms with van der Waals surface area (Å²) in [5.74, 6) is -1.91. The van der Waals surface area contributed by atoms with Crippen molar-refractivity contribution in [2.45, 2.75) is 13.3 Å². The van der Waals surface area contributed by atoms with E-state index in [1.807, 2.05) is 24.3 Å². The zero-order valence-electron chi connectivity index (χ0n) is 10.3. The summed E-state index contributed by atoms with van der Waals surface area (Å²) < 4.78 is 31.7. The van der Waals surface area contributed by atoms with Crippen LogP contribution in [-0.4, -0.2) is 7.11 Å². The van der Waals surface area contributed by atoms with Crippen LogP contribution in [0.2, 0.25) is 0 Å². The Labute approximate surface area is 105 Å². The number of aryl methyl sites for hydroxylation is 1. The second kappa shape index (κ2) is 5.17. The van der Waals surface area contributed by atoms with Crippen molar-refractivity contribution < 1.29 is 13.5 Å². The minimum absolute atomic E-state index is 0.0563. The van der Waals surface area contributed by atoms with Crippen LogP contribution in [0.3, 0.4) is 0 Å². The average molecular weight is 248 g/mol. The predicted molar refractivity (Wildman–Crippen MR) is 67.7 cm³/mol. The Kier molecular flexibility index (Phi) is 3.60. The Bertz CT molecular complexity index is 547. The molecule has 0 amide bonds. The minimum Gasteiger partial charge on any atom is -0.493 e. The van der Waals surface area contributed by atoms with Gasteiger partial charge in [-0.2, -0.15) is 4.39 Å². The lowest BCUT2D eigenvalue weighted by Gasteiger charge is -2.10. The molecular weight excluding hydrogens is 234 g/mol. The SMILES string of the molecule is CCc1ccc(-c2ccc(F)c(F)c2OC)cc1. The summed E-state index contributed by atoms with van der Waals surface area (Å²) in [6.07, 6.45) is 0.940. The van der Waals surface area contributed by atoms with E-state index in [0.717, 1.165) is 18.1 Å².